The monoisotopic (exact) mass is 245 g/mol. The maximum absolute atomic E-state index is 3.83. The van der Waals surface area contributed by atoms with Gasteiger partial charge in [0.05, 0.1) is 0 Å². The second kappa shape index (κ2) is 6.14. The Morgan fingerprint density at radius 2 is 1.44 bits per heavy atom. The zero-order valence-corrected chi connectivity index (χ0v) is 13.5. The summed E-state index contributed by atoms with van der Waals surface area (Å²) in [6, 6.07) is 0. The summed E-state index contributed by atoms with van der Waals surface area (Å²) >= 11 is 0. The normalized spacial score (nSPS) is 16.9. The Morgan fingerprint density at radius 1 is 1.00 bits per heavy atom. The van der Waals surface area contributed by atoms with Crippen molar-refractivity contribution in [1.82, 2.24) is 14.1 Å². The van der Waals surface area contributed by atoms with Gasteiger partial charge in [-0.2, -0.15) is 0 Å². The molecule has 98 valence electrons. The van der Waals surface area contributed by atoms with E-state index in [2.05, 4.69) is 69.8 Å². The molecule has 0 aliphatic rings. The number of hydrogen-bond donors (Lipinski definition) is 1. The average molecular weight is 245 g/mol. The van der Waals surface area contributed by atoms with E-state index in [0.29, 0.717) is 5.04 Å². The Labute approximate surface area is 103 Å². The summed E-state index contributed by atoms with van der Waals surface area (Å²) in [6.07, 6.45) is 0. The lowest BCUT2D eigenvalue weighted by Crippen LogP contribution is -2.76. The highest BCUT2D eigenvalue weighted by Gasteiger charge is 2.51. The fourth-order valence-corrected chi connectivity index (χ4v) is 8.23. The van der Waals surface area contributed by atoms with E-state index in [-0.39, 0.29) is 0 Å². The van der Waals surface area contributed by atoms with Gasteiger partial charge in [0.1, 0.15) is 0 Å². The van der Waals surface area contributed by atoms with Gasteiger partial charge in [-0.3, -0.25) is 4.57 Å². The van der Waals surface area contributed by atoms with Crippen LogP contribution in [0.4, 0.5) is 0 Å². The minimum absolute atomic E-state index is 0.290. The van der Waals surface area contributed by atoms with E-state index in [1.54, 1.807) is 0 Å². The Morgan fingerprint density at radius 3 is 1.62 bits per heavy atom. The van der Waals surface area contributed by atoms with Crippen molar-refractivity contribution < 1.29 is 0 Å². The van der Waals surface area contributed by atoms with Gasteiger partial charge >= 0.3 is 0 Å². The predicted octanol–water partition coefficient (Wildman–Crippen LogP) is 2.24. The maximum atomic E-state index is 3.83. The largest absolute Gasteiger partial charge is 0.313 e. The smallest absolute Gasteiger partial charge is 0.291 e. The fraction of sp³-hybridized carbons (Fsp3) is 1.00. The van der Waals surface area contributed by atoms with Crippen molar-refractivity contribution in [3.8, 4) is 0 Å². The van der Waals surface area contributed by atoms with Crippen LogP contribution in [0.5, 0.6) is 0 Å². The molecule has 0 fully saturated rings. The SMILES string of the molecule is CCN[Si](N(C)C)(N(CC)CC)C(C)(C)C. The predicted molar refractivity (Wildman–Crippen MR) is 75.8 cm³/mol. The Kier molecular flexibility index (Phi) is 6.18. The van der Waals surface area contributed by atoms with Gasteiger partial charge in [-0.05, 0) is 38.8 Å². The Bertz CT molecular complexity index is 197. The zero-order valence-electron chi connectivity index (χ0n) is 12.5. The lowest BCUT2D eigenvalue weighted by molar-refractivity contribution is 0.342. The minimum atomic E-state index is -1.79. The van der Waals surface area contributed by atoms with Crippen LogP contribution in [-0.4, -0.2) is 51.4 Å². The highest BCUT2D eigenvalue weighted by atomic mass is 28.4. The van der Waals surface area contributed by atoms with Gasteiger partial charge in [0.2, 0.25) is 0 Å². The first-order valence-corrected chi connectivity index (χ1v) is 8.34. The standard InChI is InChI=1S/C12H31N3Si/c1-9-13-16(14(7)8,12(4,5)6)15(10-2)11-3/h13H,9-11H2,1-8H3. The molecule has 4 heteroatoms. The average Bonchev–Trinajstić information content (AvgIpc) is 2.15. The first kappa shape index (κ1) is 16.1. The van der Waals surface area contributed by atoms with Crippen LogP contribution in [0.25, 0.3) is 0 Å². The minimum Gasteiger partial charge on any atom is -0.313 e. The molecule has 0 aromatic carbocycles. The molecule has 0 radical (unpaired) electrons. The van der Waals surface area contributed by atoms with E-state index in [9.17, 15) is 0 Å². The molecule has 0 rings (SSSR count). The second-order valence-corrected chi connectivity index (χ2v) is 10.2. The molecule has 1 atom stereocenters. The maximum Gasteiger partial charge on any atom is 0.291 e. The molecule has 0 aliphatic carbocycles. The summed E-state index contributed by atoms with van der Waals surface area (Å²) in [4.78, 5) is 3.83. The molecule has 0 bridgehead atoms. The number of rotatable bonds is 6. The molecule has 1 unspecified atom stereocenters. The van der Waals surface area contributed by atoms with Gasteiger partial charge in [0.25, 0.3) is 8.56 Å². The van der Waals surface area contributed by atoms with E-state index >= 15 is 0 Å². The summed E-state index contributed by atoms with van der Waals surface area (Å²) < 4.78 is 5.08. The molecule has 0 aliphatic heterocycles. The number of nitrogens with one attached hydrogen (secondary N) is 1. The molecular formula is C12H31N3Si. The zero-order chi connectivity index (χ0) is 13.0. The molecule has 0 saturated carbocycles. The van der Waals surface area contributed by atoms with Crippen LogP contribution in [0, 0.1) is 0 Å². The third-order valence-corrected chi connectivity index (χ3v) is 9.12. The second-order valence-electron chi connectivity index (χ2n) is 5.52. The summed E-state index contributed by atoms with van der Waals surface area (Å²) in [7, 11) is 2.65. The van der Waals surface area contributed by atoms with Gasteiger partial charge in [0.15, 0.2) is 0 Å². The lowest BCUT2D eigenvalue weighted by Gasteiger charge is -2.53. The topological polar surface area (TPSA) is 18.5 Å². The number of hydrogen-bond acceptors (Lipinski definition) is 3. The molecule has 1 N–H and O–H groups in total. The third-order valence-electron chi connectivity index (χ3n) is 3.34. The molecular weight excluding hydrogens is 214 g/mol. The van der Waals surface area contributed by atoms with Crippen LogP contribution >= 0.6 is 0 Å². The van der Waals surface area contributed by atoms with Crippen LogP contribution in [0.2, 0.25) is 5.04 Å². The molecule has 0 amide bonds. The summed E-state index contributed by atoms with van der Waals surface area (Å²) in [5.41, 5.74) is 0. The quantitative estimate of drug-likeness (QED) is 0.724. The van der Waals surface area contributed by atoms with Crippen LogP contribution in [-0.2, 0) is 0 Å². The van der Waals surface area contributed by atoms with Gasteiger partial charge in [-0.15, -0.1) is 0 Å². The van der Waals surface area contributed by atoms with Crippen molar-refractivity contribution >= 4 is 8.56 Å². The highest BCUT2D eigenvalue weighted by Crippen LogP contribution is 2.37. The first-order valence-electron chi connectivity index (χ1n) is 6.45. The molecule has 16 heavy (non-hydrogen) atoms. The summed E-state index contributed by atoms with van der Waals surface area (Å²) in [5, 5.41) is 0.290. The fourth-order valence-electron chi connectivity index (χ4n) is 2.89. The van der Waals surface area contributed by atoms with Crippen molar-refractivity contribution in [2.75, 3.05) is 33.7 Å². The molecule has 0 saturated heterocycles. The number of nitrogens with zero attached hydrogens (tertiary/aromatic N) is 2. The van der Waals surface area contributed by atoms with Gasteiger partial charge in [0, 0.05) is 0 Å². The van der Waals surface area contributed by atoms with Crippen molar-refractivity contribution in [3.63, 3.8) is 0 Å². The van der Waals surface area contributed by atoms with E-state index in [4.69, 9.17) is 0 Å². The Hall–Kier alpha value is 0.0969. The summed E-state index contributed by atoms with van der Waals surface area (Å²) in [5.74, 6) is 0. The van der Waals surface area contributed by atoms with Crippen LogP contribution in [0.15, 0.2) is 0 Å². The van der Waals surface area contributed by atoms with Gasteiger partial charge < -0.3 is 9.55 Å². The van der Waals surface area contributed by atoms with Crippen LogP contribution in [0.3, 0.4) is 0 Å². The summed E-state index contributed by atoms with van der Waals surface area (Å²) in [6.45, 7) is 17.1. The molecule has 0 aromatic heterocycles. The molecule has 0 spiro atoms. The van der Waals surface area contributed by atoms with Crippen molar-refractivity contribution in [3.05, 3.63) is 0 Å². The lowest BCUT2D eigenvalue weighted by atomic mass is 10.2. The van der Waals surface area contributed by atoms with Gasteiger partial charge in [-0.1, -0.05) is 41.5 Å². The van der Waals surface area contributed by atoms with E-state index in [0.717, 1.165) is 19.6 Å². The van der Waals surface area contributed by atoms with E-state index in [1.807, 2.05) is 0 Å². The first-order chi connectivity index (χ1) is 7.27. The molecule has 0 heterocycles. The van der Waals surface area contributed by atoms with Crippen LogP contribution in [0.1, 0.15) is 41.5 Å². The molecule has 0 aromatic rings. The van der Waals surface area contributed by atoms with Crippen LogP contribution < -0.4 is 4.98 Å². The van der Waals surface area contributed by atoms with Crippen molar-refractivity contribution in [1.29, 1.82) is 0 Å². The van der Waals surface area contributed by atoms with Gasteiger partial charge in [-0.25, -0.2) is 0 Å². The Balaban J connectivity index is 5.41. The molecule has 3 nitrogen and oxygen atoms in total. The van der Waals surface area contributed by atoms with E-state index in [1.165, 1.54) is 0 Å². The van der Waals surface area contributed by atoms with Crippen molar-refractivity contribution in [2.45, 2.75) is 46.6 Å². The van der Waals surface area contributed by atoms with Crippen molar-refractivity contribution in [2.24, 2.45) is 0 Å². The third kappa shape index (κ3) is 2.86. The highest BCUT2D eigenvalue weighted by molar-refractivity contribution is 6.74. The van der Waals surface area contributed by atoms with E-state index < -0.39 is 8.56 Å².